The molecule has 29 heavy (non-hydrogen) atoms. The third-order valence-electron chi connectivity index (χ3n) is 5.30. The number of nitrogens with zero attached hydrogens (tertiary/aromatic N) is 2. The van der Waals surface area contributed by atoms with Gasteiger partial charge in [0.1, 0.15) is 5.69 Å². The number of alkyl halides is 1. The van der Waals surface area contributed by atoms with Crippen LogP contribution < -0.4 is 5.43 Å². The SMILES string of the molecule is Cc1cc(C)c(-c2cccc3c2c(=O)c(CCl)nn3Cc2ccccc2)c(C)c1. The predicted octanol–water partition coefficient (Wildman–Crippen LogP) is 5.78. The molecule has 0 N–H and O–H groups in total. The number of rotatable bonds is 4. The topological polar surface area (TPSA) is 34.9 Å². The van der Waals surface area contributed by atoms with Gasteiger partial charge in [0.05, 0.1) is 23.3 Å². The van der Waals surface area contributed by atoms with E-state index in [0.717, 1.165) is 33.3 Å². The van der Waals surface area contributed by atoms with Crippen molar-refractivity contribution in [1.82, 2.24) is 9.78 Å². The fourth-order valence-electron chi connectivity index (χ4n) is 4.16. The Kier molecular flexibility index (Phi) is 5.25. The molecule has 0 unspecified atom stereocenters. The highest BCUT2D eigenvalue weighted by Crippen LogP contribution is 2.32. The normalized spacial score (nSPS) is 11.2. The summed E-state index contributed by atoms with van der Waals surface area (Å²) in [5.41, 5.74) is 7.83. The van der Waals surface area contributed by atoms with E-state index in [4.69, 9.17) is 11.6 Å². The van der Waals surface area contributed by atoms with Crippen LogP contribution in [0, 0.1) is 20.8 Å². The van der Waals surface area contributed by atoms with Crippen molar-refractivity contribution in [3.63, 3.8) is 0 Å². The van der Waals surface area contributed by atoms with Crippen LogP contribution in [0.5, 0.6) is 0 Å². The van der Waals surface area contributed by atoms with Gasteiger partial charge < -0.3 is 0 Å². The zero-order chi connectivity index (χ0) is 20.5. The first kappa shape index (κ1) is 19.4. The van der Waals surface area contributed by atoms with Crippen molar-refractivity contribution < 1.29 is 0 Å². The molecule has 4 rings (SSSR count). The number of halogens is 1. The summed E-state index contributed by atoms with van der Waals surface area (Å²) in [7, 11) is 0. The number of aryl methyl sites for hydroxylation is 3. The highest BCUT2D eigenvalue weighted by Gasteiger charge is 2.17. The molecular formula is C25H23ClN2O. The van der Waals surface area contributed by atoms with E-state index in [2.05, 4.69) is 50.1 Å². The minimum Gasteiger partial charge on any atom is -0.287 e. The van der Waals surface area contributed by atoms with Crippen molar-refractivity contribution in [2.45, 2.75) is 33.2 Å². The van der Waals surface area contributed by atoms with Crippen LogP contribution in [0.3, 0.4) is 0 Å². The molecule has 1 heterocycles. The van der Waals surface area contributed by atoms with Crippen molar-refractivity contribution in [3.8, 4) is 11.1 Å². The Balaban J connectivity index is 2.04. The lowest BCUT2D eigenvalue weighted by Gasteiger charge is -2.17. The second-order valence-corrected chi connectivity index (χ2v) is 7.79. The second-order valence-electron chi connectivity index (χ2n) is 7.53. The molecule has 0 aliphatic rings. The molecule has 0 saturated heterocycles. The Labute approximate surface area is 175 Å². The molecular weight excluding hydrogens is 380 g/mol. The average Bonchev–Trinajstić information content (AvgIpc) is 2.70. The maximum atomic E-state index is 13.3. The second kappa shape index (κ2) is 7.84. The molecule has 3 aromatic carbocycles. The summed E-state index contributed by atoms with van der Waals surface area (Å²) in [6.07, 6.45) is 0. The van der Waals surface area contributed by atoms with Gasteiger partial charge in [-0.3, -0.25) is 9.48 Å². The van der Waals surface area contributed by atoms with Gasteiger partial charge in [-0.15, -0.1) is 11.6 Å². The lowest BCUT2D eigenvalue weighted by molar-refractivity contribution is 0.680. The predicted molar refractivity (Wildman–Crippen MR) is 121 cm³/mol. The van der Waals surface area contributed by atoms with Crippen LogP contribution in [0.15, 0.2) is 65.5 Å². The molecule has 0 fully saturated rings. The van der Waals surface area contributed by atoms with Crippen LogP contribution in [0.25, 0.3) is 22.0 Å². The molecule has 146 valence electrons. The molecule has 0 aliphatic carbocycles. The van der Waals surface area contributed by atoms with Gasteiger partial charge in [-0.25, -0.2) is 0 Å². The van der Waals surface area contributed by atoms with E-state index in [1.807, 2.05) is 41.1 Å². The Morgan fingerprint density at radius 2 is 1.62 bits per heavy atom. The van der Waals surface area contributed by atoms with Gasteiger partial charge in [-0.1, -0.05) is 60.2 Å². The molecule has 0 bridgehead atoms. The monoisotopic (exact) mass is 402 g/mol. The van der Waals surface area contributed by atoms with Crippen molar-refractivity contribution in [3.05, 3.63) is 98.8 Å². The molecule has 0 aliphatic heterocycles. The van der Waals surface area contributed by atoms with Crippen molar-refractivity contribution in [1.29, 1.82) is 0 Å². The van der Waals surface area contributed by atoms with Gasteiger partial charge in [0.25, 0.3) is 0 Å². The Morgan fingerprint density at radius 1 is 0.931 bits per heavy atom. The molecule has 1 aromatic heterocycles. The first-order chi connectivity index (χ1) is 14.0. The molecule has 0 atom stereocenters. The third-order valence-corrected chi connectivity index (χ3v) is 5.55. The third kappa shape index (κ3) is 3.58. The quantitative estimate of drug-likeness (QED) is 0.406. The Bertz CT molecular complexity index is 1240. The Hall–Kier alpha value is -2.91. The summed E-state index contributed by atoms with van der Waals surface area (Å²) in [6.45, 7) is 6.87. The standard InChI is InChI=1S/C25H23ClN2O/c1-16-12-17(2)23(18(3)13-16)20-10-7-11-22-24(20)25(29)21(14-26)27-28(22)15-19-8-5-4-6-9-19/h4-13H,14-15H2,1-3H3. The highest BCUT2D eigenvalue weighted by atomic mass is 35.5. The van der Waals surface area contributed by atoms with Gasteiger partial charge in [0.15, 0.2) is 0 Å². The van der Waals surface area contributed by atoms with E-state index in [0.29, 0.717) is 17.6 Å². The van der Waals surface area contributed by atoms with Crippen LogP contribution in [0.4, 0.5) is 0 Å². The maximum absolute atomic E-state index is 13.3. The van der Waals surface area contributed by atoms with Crippen LogP contribution in [0.1, 0.15) is 27.9 Å². The summed E-state index contributed by atoms with van der Waals surface area (Å²) in [5, 5.41) is 5.26. The number of fused-ring (bicyclic) bond motifs is 1. The van der Waals surface area contributed by atoms with Gasteiger partial charge in [0.2, 0.25) is 5.43 Å². The number of hydrogen-bond acceptors (Lipinski definition) is 2. The van der Waals surface area contributed by atoms with Crippen molar-refractivity contribution in [2.24, 2.45) is 0 Å². The number of aromatic nitrogens is 2. The van der Waals surface area contributed by atoms with Crippen LogP contribution >= 0.6 is 11.6 Å². The summed E-state index contributed by atoms with van der Waals surface area (Å²) in [4.78, 5) is 13.3. The molecule has 0 saturated carbocycles. The van der Waals surface area contributed by atoms with Crippen LogP contribution in [-0.4, -0.2) is 9.78 Å². The fourth-order valence-corrected chi connectivity index (χ4v) is 4.34. The molecule has 0 amide bonds. The highest BCUT2D eigenvalue weighted by molar-refractivity contribution is 6.17. The van der Waals surface area contributed by atoms with E-state index in [1.54, 1.807) is 0 Å². The van der Waals surface area contributed by atoms with E-state index in [9.17, 15) is 4.79 Å². The number of hydrogen-bond donors (Lipinski definition) is 0. The van der Waals surface area contributed by atoms with Crippen molar-refractivity contribution in [2.75, 3.05) is 0 Å². The molecule has 3 nitrogen and oxygen atoms in total. The van der Waals surface area contributed by atoms with E-state index < -0.39 is 0 Å². The van der Waals surface area contributed by atoms with E-state index in [1.165, 1.54) is 5.56 Å². The average molecular weight is 403 g/mol. The minimum atomic E-state index is -0.0886. The lowest BCUT2D eigenvalue weighted by atomic mass is 9.91. The fraction of sp³-hybridized carbons (Fsp3) is 0.200. The first-order valence-electron chi connectivity index (χ1n) is 9.70. The maximum Gasteiger partial charge on any atom is 0.213 e. The van der Waals surface area contributed by atoms with Gasteiger partial charge in [0, 0.05) is 0 Å². The largest absolute Gasteiger partial charge is 0.287 e. The van der Waals surface area contributed by atoms with Crippen LogP contribution in [0.2, 0.25) is 0 Å². The zero-order valence-electron chi connectivity index (χ0n) is 16.9. The van der Waals surface area contributed by atoms with Crippen molar-refractivity contribution >= 4 is 22.5 Å². The molecule has 0 radical (unpaired) electrons. The van der Waals surface area contributed by atoms with Gasteiger partial charge in [-0.05, 0) is 54.7 Å². The Morgan fingerprint density at radius 3 is 2.28 bits per heavy atom. The number of benzene rings is 3. The molecule has 0 spiro atoms. The first-order valence-corrected chi connectivity index (χ1v) is 10.2. The molecule has 4 aromatic rings. The van der Waals surface area contributed by atoms with E-state index in [-0.39, 0.29) is 11.3 Å². The summed E-state index contributed by atoms with van der Waals surface area (Å²) >= 11 is 6.11. The van der Waals surface area contributed by atoms with Gasteiger partial charge in [-0.2, -0.15) is 5.10 Å². The summed E-state index contributed by atoms with van der Waals surface area (Å²) in [5.74, 6) is 0.0871. The summed E-state index contributed by atoms with van der Waals surface area (Å²) < 4.78 is 1.89. The summed E-state index contributed by atoms with van der Waals surface area (Å²) in [6, 6.07) is 20.4. The molecule has 4 heteroatoms. The van der Waals surface area contributed by atoms with Gasteiger partial charge >= 0.3 is 0 Å². The zero-order valence-corrected chi connectivity index (χ0v) is 17.6. The minimum absolute atomic E-state index is 0.0871. The van der Waals surface area contributed by atoms with E-state index >= 15 is 0 Å². The lowest BCUT2D eigenvalue weighted by Crippen LogP contribution is -2.19. The smallest absolute Gasteiger partial charge is 0.213 e. The van der Waals surface area contributed by atoms with Crippen LogP contribution in [-0.2, 0) is 12.4 Å².